The summed E-state index contributed by atoms with van der Waals surface area (Å²) in [5.74, 6) is -0.602. The summed E-state index contributed by atoms with van der Waals surface area (Å²) in [7, 11) is 0. The predicted molar refractivity (Wildman–Crippen MR) is 90.7 cm³/mol. The van der Waals surface area contributed by atoms with Gasteiger partial charge in [0, 0.05) is 16.6 Å². The summed E-state index contributed by atoms with van der Waals surface area (Å²) in [5.41, 5.74) is 1.62. The number of carbonyl (C=O) groups excluding carboxylic acids is 1. The van der Waals surface area contributed by atoms with E-state index in [0.29, 0.717) is 16.1 Å². The molecule has 0 spiro atoms. The number of aryl methyl sites for hydroxylation is 1. The van der Waals surface area contributed by atoms with E-state index in [4.69, 9.17) is 4.42 Å². The molecule has 0 radical (unpaired) electrons. The van der Waals surface area contributed by atoms with Crippen LogP contribution in [0.2, 0.25) is 0 Å². The highest BCUT2D eigenvalue weighted by molar-refractivity contribution is 7.99. The zero-order valence-electron chi connectivity index (χ0n) is 12.7. The van der Waals surface area contributed by atoms with E-state index in [0.717, 1.165) is 23.0 Å². The van der Waals surface area contributed by atoms with Gasteiger partial charge in [-0.3, -0.25) is 4.79 Å². The van der Waals surface area contributed by atoms with E-state index in [1.54, 1.807) is 0 Å². The summed E-state index contributed by atoms with van der Waals surface area (Å²) in [4.78, 5) is 16.5. The molecule has 3 aromatic rings. The lowest BCUT2D eigenvalue weighted by atomic mass is 10.1. The standard InChI is InChI=1S/C16H12N4O2S2/c1-10-8-23-15(18-10)12(7-17)13(21)9-24-16-20-19-14(22-16)11-5-3-2-4-6-11/h2-6,8,12H,9H2,1H3. The topological polar surface area (TPSA) is 92.7 Å². The number of ketones is 1. The highest BCUT2D eigenvalue weighted by Crippen LogP contribution is 2.26. The lowest BCUT2D eigenvalue weighted by Gasteiger charge is -2.02. The van der Waals surface area contributed by atoms with Crippen molar-refractivity contribution in [2.24, 2.45) is 0 Å². The molecule has 0 saturated carbocycles. The first-order valence-corrected chi connectivity index (χ1v) is 8.90. The molecule has 6 nitrogen and oxygen atoms in total. The Balaban J connectivity index is 1.64. The molecular formula is C16H12N4O2S2. The van der Waals surface area contributed by atoms with Gasteiger partial charge in [0.05, 0.1) is 11.8 Å². The van der Waals surface area contributed by atoms with Crippen LogP contribution in [0.4, 0.5) is 0 Å². The fourth-order valence-electron chi connectivity index (χ4n) is 1.95. The summed E-state index contributed by atoms with van der Waals surface area (Å²) < 4.78 is 5.54. The van der Waals surface area contributed by atoms with Gasteiger partial charge in [0.25, 0.3) is 5.22 Å². The number of thiazole rings is 1. The van der Waals surface area contributed by atoms with E-state index in [-0.39, 0.29) is 11.5 Å². The van der Waals surface area contributed by atoms with E-state index in [2.05, 4.69) is 15.2 Å². The van der Waals surface area contributed by atoms with Gasteiger partial charge in [-0.2, -0.15) is 5.26 Å². The predicted octanol–water partition coefficient (Wildman–Crippen LogP) is 3.47. The van der Waals surface area contributed by atoms with E-state index < -0.39 is 5.92 Å². The van der Waals surface area contributed by atoms with Gasteiger partial charge >= 0.3 is 0 Å². The molecule has 0 saturated heterocycles. The molecular weight excluding hydrogens is 344 g/mol. The molecule has 120 valence electrons. The van der Waals surface area contributed by atoms with Crippen LogP contribution in [0.3, 0.4) is 0 Å². The summed E-state index contributed by atoms with van der Waals surface area (Å²) >= 11 is 2.44. The van der Waals surface area contributed by atoms with Gasteiger partial charge in [0.2, 0.25) is 5.89 Å². The minimum Gasteiger partial charge on any atom is -0.411 e. The zero-order chi connectivity index (χ0) is 16.9. The highest BCUT2D eigenvalue weighted by atomic mass is 32.2. The zero-order valence-corrected chi connectivity index (χ0v) is 14.3. The molecule has 0 fully saturated rings. The van der Waals surface area contributed by atoms with Crippen LogP contribution in [-0.2, 0) is 4.79 Å². The second-order valence-electron chi connectivity index (χ2n) is 4.88. The minimum absolute atomic E-state index is 0.0767. The van der Waals surface area contributed by atoms with Gasteiger partial charge in [-0.1, -0.05) is 30.0 Å². The molecule has 0 aliphatic heterocycles. The number of carbonyl (C=O) groups is 1. The van der Waals surface area contributed by atoms with Gasteiger partial charge in [-0.25, -0.2) is 4.98 Å². The first-order valence-electron chi connectivity index (χ1n) is 7.03. The highest BCUT2D eigenvalue weighted by Gasteiger charge is 2.24. The molecule has 1 atom stereocenters. The first-order chi connectivity index (χ1) is 11.7. The average molecular weight is 356 g/mol. The van der Waals surface area contributed by atoms with Crippen molar-refractivity contribution in [1.82, 2.24) is 15.2 Å². The molecule has 0 bridgehead atoms. The number of nitrogens with zero attached hydrogens (tertiary/aromatic N) is 4. The normalized spacial score (nSPS) is 11.8. The van der Waals surface area contributed by atoms with Crippen molar-refractivity contribution < 1.29 is 9.21 Å². The van der Waals surface area contributed by atoms with Crippen LogP contribution in [0.15, 0.2) is 45.4 Å². The van der Waals surface area contributed by atoms with Crippen LogP contribution in [0, 0.1) is 18.3 Å². The Morgan fingerprint density at radius 1 is 1.38 bits per heavy atom. The molecule has 0 amide bonds. The molecule has 0 aliphatic carbocycles. The molecule has 24 heavy (non-hydrogen) atoms. The first kappa shape index (κ1) is 16.4. The number of thioether (sulfide) groups is 1. The quantitative estimate of drug-likeness (QED) is 0.624. The molecule has 1 unspecified atom stereocenters. The number of hydrogen-bond donors (Lipinski definition) is 0. The van der Waals surface area contributed by atoms with Crippen molar-refractivity contribution in [1.29, 1.82) is 5.26 Å². The molecule has 2 heterocycles. The van der Waals surface area contributed by atoms with E-state index in [1.165, 1.54) is 11.3 Å². The molecule has 0 N–H and O–H groups in total. The van der Waals surface area contributed by atoms with Crippen molar-refractivity contribution >= 4 is 28.9 Å². The van der Waals surface area contributed by atoms with Gasteiger partial charge in [-0.05, 0) is 19.1 Å². The Hall–Kier alpha value is -2.50. The number of aromatic nitrogens is 3. The SMILES string of the molecule is Cc1csc(C(C#N)C(=O)CSc2nnc(-c3ccccc3)o2)n1. The van der Waals surface area contributed by atoms with Gasteiger partial charge in [0.1, 0.15) is 5.01 Å². The van der Waals surface area contributed by atoms with Crippen molar-refractivity contribution in [3.05, 3.63) is 46.4 Å². The fraction of sp³-hybridized carbons (Fsp3) is 0.188. The lowest BCUT2D eigenvalue weighted by Crippen LogP contribution is -2.13. The second-order valence-corrected chi connectivity index (χ2v) is 6.70. The minimum atomic E-state index is -0.854. The molecule has 2 aromatic heterocycles. The average Bonchev–Trinajstić information content (AvgIpc) is 3.24. The van der Waals surface area contributed by atoms with Crippen LogP contribution in [0.25, 0.3) is 11.5 Å². The largest absolute Gasteiger partial charge is 0.411 e. The number of hydrogen-bond acceptors (Lipinski definition) is 8. The molecule has 1 aromatic carbocycles. The van der Waals surface area contributed by atoms with Crippen LogP contribution in [-0.4, -0.2) is 26.7 Å². The summed E-state index contributed by atoms with van der Waals surface area (Å²) in [6.45, 7) is 1.83. The third kappa shape index (κ3) is 3.69. The van der Waals surface area contributed by atoms with Crippen LogP contribution in [0.5, 0.6) is 0 Å². The van der Waals surface area contributed by atoms with Crippen LogP contribution in [0.1, 0.15) is 16.6 Å². The fourth-order valence-corrected chi connectivity index (χ4v) is 3.48. The van der Waals surface area contributed by atoms with Crippen molar-refractivity contribution in [2.75, 3.05) is 5.75 Å². The molecule has 8 heteroatoms. The van der Waals surface area contributed by atoms with Crippen LogP contribution >= 0.6 is 23.1 Å². The maximum atomic E-state index is 12.3. The lowest BCUT2D eigenvalue weighted by molar-refractivity contribution is -0.116. The molecule has 0 aliphatic rings. The van der Waals surface area contributed by atoms with Crippen molar-refractivity contribution in [2.45, 2.75) is 18.1 Å². The third-order valence-corrected chi connectivity index (χ3v) is 4.97. The smallest absolute Gasteiger partial charge is 0.277 e. The van der Waals surface area contributed by atoms with Gasteiger partial charge < -0.3 is 4.42 Å². The maximum Gasteiger partial charge on any atom is 0.277 e. The third-order valence-electron chi connectivity index (χ3n) is 3.10. The van der Waals surface area contributed by atoms with E-state index >= 15 is 0 Å². The Morgan fingerprint density at radius 3 is 2.83 bits per heavy atom. The Labute approximate surface area is 146 Å². The maximum absolute atomic E-state index is 12.3. The van der Waals surface area contributed by atoms with E-state index in [1.807, 2.05) is 48.7 Å². The van der Waals surface area contributed by atoms with E-state index in [9.17, 15) is 10.1 Å². The Kier molecular flexibility index (Phi) is 5.03. The van der Waals surface area contributed by atoms with Gasteiger partial charge in [0.15, 0.2) is 11.7 Å². The number of rotatable bonds is 6. The van der Waals surface area contributed by atoms with Gasteiger partial charge in [-0.15, -0.1) is 21.5 Å². The summed E-state index contributed by atoms with van der Waals surface area (Å²) in [6, 6.07) is 11.4. The van der Waals surface area contributed by atoms with Crippen LogP contribution < -0.4 is 0 Å². The Bertz CT molecular complexity index is 883. The van der Waals surface area contributed by atoms with Crippen molar-refractivity contribution in [3.8, 4) is 17.5 Å². The summed E-state index contributed by atoms with van der Waals surface area (Å²) in [6.07, 6.45) is 0. The Morgan fingerprint density at radius 2 is 2.17 bits per heavy atom. The number of Topliss-reactive ketones (excluding diaryl/α,β-unsaturated/α-hetero) is 1. The number of benzene rings is 1. The number of nitriles is 1. The summed E-state index contributed by atoms with van der Waals surface area (Å²) in [5, 5.41) is 19.8. The molecule has 3 rings (SSSR count). The second kappa shape index (κ2) is 7.38. The monoisotopic (exact) mass is 356 g/mol. The van der Waals surface area contributed by atoms with Crippen molar-refractivity contribution in [3.63, 3.8) is 0 Å².